The van der Waals surface area contributed by atoms with E-state index in [-0.39, 0.29) is 23.6 Å². The van der Waals surface area contributed by atoms with Gasteiger partial charge in [0.2, 0.25) is 0 Å². The molecule has 8 nitrogen and oxygen atoms in total. The van der Waals surface area contributed by atoms with Crippen LogP contribution in [0.4, 0.5) is 5.82 Å². The summed E-state index contributed by atoms with van der Waals surface area (Å²) >= 11 is 5.79. The van der Waals surface area contributed by atoms with Gasteiger partial charge in [-0.05, 0) is 24.7 Å². The molecular weight excluding hydrogens is 363 g/mol. The molecule has 0 aliphatic heterocycles. The molecule has 1 atom stereocenters. The topological polar surface area (TPSA) is 120 Å². The van der Waals surface area contributed by atoms with Crippen LogP contribution in [0.25, 0.3) is 11.2 Å². The van der Waals surface area contributed by atoms with Gasteiger partial charge >= 0.3 is 5.69 Å². The highest BCUT2D eigenvalue weighted by molar-refractivity contribution is 7.70. The van der Waals surface area contributed by atoms with Crippen molar-refractivity contribution < 1.29 is 4.57 Å². The van der Waals surface area contributed by atoms with Crippen LogP contribution in [0.2, 0.25) is 5.15 Å². The largest absolute Gasteiger partial charge is 0.382 e. The number of pyridine rings is 1. The molecule has 0 saturated carbocycles. The Balaban J connectivity index is 2.14. The first-order valence-electron chi connectivity index (χ1n) is 7.75. The molecule has 25 heavy (non-hydrogen) atoms. The molecule has 3 rings (SSSR count). The Morgan fingerprint density at radius 3 is 2.76 bits per heavy atom. The van der Waals surface area contributed by atoms with Gasteiger partial charge in [-0.1, -0.05) is 24.6 Å². The van der Waals surface area contributed by atoms with E-state index in [0.29, 0.717) is 22.5 Å². The second-order valence-corrected chi connectivity index (χ2v) is 9.37. The van der Waals surface area contributed by atoms with Crippen molar-refractivity contribution in [2.24, 2.45) is 0 Å². The van der Waals surface area contributed by atoms with Crippen molar-refractivity contribution in [3.63, 3.8) is 0 Å². The third-order valence-electron chi connectivity index (χ3n) is 3.84. The normalized spacial score (nSPS) is 13.9. The lowest BCUT2D eigenvalue weighted by Crippen LogP contribution is -2.21. The van der Waals surface area contributed by atoms with Gasteiger partial charge < -0.3 is 15.3 Å². The summed E-state index contributed by atoms with van der Waals surface area (Å²) in [6, 6.07) is 3.42. The first kappa shape index (κ1) is 17.6. The third-order valence-corrected chi connectivity index (χ3v) is 6.41. The molecule has 10 heteroatoms. The highest BCUT2D eigenvalue weighted by Crippen LogP contribution is 2.39. The number of nitrogens with zero attached hydrogens (tertiary/aromatic N) is 4. The van der Waals surface area contributed by atoms with E-state index in [1.165, 1.54) is 4.57 Å². The van der Waals surface area contributed by atoms with Gasteiger partial charge in [0.05, 0.1) is 6.54 Å². The maximum absolute atomic E-state index is 12.8. The summed E-state index contributed by atoms with van der Waals surface area (Å²) in [4.78, 5) is 27.5. The molecule has 0 amide bonds. The van der Waals surface area contributed by atoms with Crippen LogP contribution in [0.5, 0.6) is 0 Å². The van der Waals surface area contributed by atoms with E-state index in [1.54, 1.807) is 25.0 Å². The Morgan fingerprint density at radius 2 is 2.12 bits per heavy atom. The molecule has 3 N–H and O–H groups in total. The number of nitrogen functional groups attached to an aromatic ring is 1. The highest BCUT2D eigenvalue weighted by atomic mass is 35.5. The number of fused-ring (bicyclic) bond motifs is 1. The summed E-state index contributed by atoms with van der Waals surface area (Å²) in [6.07, 6.45) is 2.81. The number of hydrogen-bond donors (Lipinski definition) is 2. The highest BCUT2D eigenvalue weighted by Gasteiger charge is 2.24. The van der Waals surface area contributed by atoms with Crippen LogP contribution in [-0.4, -0.2) is 37.3 Å². The summed E-state index contributed by atoms with van der Waals surface area (Å²) in [6.45, 7) is 3.81. The van der Waals surface area contributed by atoms with Gasteiger partial charge in [-0.3, -0.25) is 4.57 Å². The number of H-pyrrole nitrogens is 1. The Morgan fingerprint density at radius 1 is 1.36 bits per heavy atom. The van der Waals surface area contributed by atoms with Gasteiger partial charge in [0.15, 0.2) is 17.0 Å². The number of nitrogens with one attached hydrogen (secondary N) is 1. The second-order valence-electron chi connectivity index (χ2n) is 5.94. The van der Waals surface area contributed by atoms with Gasteiger partial charge in [0, 0.05) is 12.4 Å². The zero-order chi connectivity index (χ0) is 18.2. The van der Waals surface area contributed by atoms with Gasteiger partial charge in [-0.25, -0.2) is 19.7 Å². The maximum atomic E-state index is 12.8. The van der Waals surface area contributed by atoms with E-state index < -0.39 is 7.14 Å². The zero-order valence-electron chi connectivity index (χ0n) is 13.9. The molecule has 0 saturated heterocycles. The Labute approximate surface area is 148 Å². The van der Waals surface area contributed by atoms with Crippen LogP contribution in [0.15, 0.2) is 23.1 Å². The predicted molar refractivity (Wildman–Crippen MR) is 99.2 cm³/mol. The van der Waals surface area contributed by atoms with E-state index in [0.717, 1.165) is 12.0 Å². The fourth-order valence-electron chi connectivity index (χ4n) is 2.61. The zero-order valence-corrected chi connectivity index (χ0v) is 15.5. The van der Waals surface area contributed by atoms with Crippen LogP contribution < -0.4 is 17.0 Å². The van der Waals surface area contributed by atoms with Crippen molar-refractivity contribution in [2.75, 3.05) is 18.6 Å². The number of rotatable bonds is 5. The Hall–Kier alpha value is -2.18. The summed E-state index contributed by atoms with van der Waals surface area (Å²) in [5.41, 5.74) is 7.24. The maximum Gasteiger partial charge on any atom is 0.328 e. The van der Waals surface area contributed by atoms with E-state index in [9.17, 15) is 9.36 Å². The van der Waals surface area contributed by atoms with Gasteiger partial charge in [0.25, 0.3) is 0 Å². The van der Waals surface area contributed by atoms with Crippen molar-refractivity contribution in [1.82, 2.24) is 24.5 Å². The molecule has 3 aromatic rings. The minimum Gasteiger partial charge on any atom is -0.382 e. The molecule has 3 aromatic heterocycles. The minimum atomic E-state index is -2.74. The summed E-state index contributed by atoms with van der Waals surface area (Å²) in [5.74, 6) is 0.114. The van der Waals surface area contributed by atoms with Crippen molar-refractivity contribution >= 4 is 41.3 Å². The Bertz CT molecular complexity index is 1030. The molecule has 0 bridgehead atoms. The molecule has 0 spiro atoms. The monoisotopic (exact) mass is 380 g/mol. The molecule has 0 aliphatic carbocycles. The predicted octanol–water partition coefficient (Wildman–Crippen LogP) is 1.83. The van der Waals surface area contributed by atoms with E-state index in [1.807, 2.05) is 6.92 Å². The average molecular weight is 381 g/mol. The molecule has 0 unspecified atom stereocenters. The lowest BCUT2D eigenvalue weighted by atomic mass is 10.3. The van der Waals surface area contributed by atoms with Crippen molar-refractivity contribution in [2.45, 2.75) is 19.9 Å². The smallest absolute Gasteiger partial charge is 0.328 e. The molecule has 0 radical (unpaired) electrons. The molecule has 0 fully saturated rings. The SMILES string of the molecule is CCC[P@](C)(=O)c1nc(N)c2[nH]c(=O)n(Cc3ccc(Cl)nc3)c2n1. The average Bonchev–Trinajstić information content (AvgIpc) is 2.86. The number of nitrogens with two attached hydrogens (primary N) is 1. The van der Waals surface area contributed by atoms with Crippen molar-refractivity contribution in [3.8, 4) is 0 Å². The first-order chi connectivity index (χ1) is 11.8. The summed E-state index contributed by atoms with van der Waals surface area (Å²) < 4.78 is 14.2. The van der Waals surface area contributed by atoms with E-state index in [4.69, 9.17) is 17.3 Å². The molecule has 132 valence electrons. The van der Waals surface area contributed by atoms with E-state index in [2.05, 4.69) is 19.9 Å². The number of aromatic amines is 1. The lowest BCUT2D eigenvalue weighted by molar-refractivity contribution is 0.582. The van der Waals surface area contributed by atoms with Crippen LogP contribution in [0, 0.1) is 0 Å². The van der Waals surface area contributed by atoms with Crippen LogP contribution in [-0.2, 0) is 11.1 Å². The quantitative estimate of drug-likeness (QED) is 0.514. The summed E-state index contributed by atoms with van der Waals surface area (Å²) in [5, 5.41) is 0.371. The van der Waals surface area contributed by atoms with Crippen LogP contribution >= 0.6 is 18.7 Å². The second kappa shape index (κ2) is 6.61. The third kappa shape index (κ3) is 3.45. The first-order valence-corrected chi connectivity index (χ1v) is 10.5. The molecular formula is C15H18ClN6O2P. The van der Waals surface area contributed by atoms with Gasteiger partial charge in [-0.2, -0.15) is 0 Å². The fourth-order valence-corrected chi connectivity index (χ4v) is 4.40. The number of imidazole rings is 1. The van der Waals surface area contributed by atoms with Crippen LogP contribution in [0.3, 0.4) is 0 Å². The van der Waals surface area contributed by atoms with Gasteiger partial charge in [0.1, 0.15) is 17.8 Å². The summed E-state index contributed by atoms with van der Waals surface area (Å²) in [7, 11) is -2.74. The standard InChI is InChI=1S/C15H18ClN6O2P/c1-3-6-25(2,24)14-20-12(17)11-13(21-14)22(15(23)19-11)8-9-4-5-10(16)18-7-9/h4-5,7H,3,6,8H2,1-2H3,(H,19,23)(H2,17,20,21)/t25-/m0/s1. The Kier molecular flexibility index (Phi) is 4.67. The molecule has 3 heterocycles. The van der Waals surface area contributed by atoms with Crippen LogP contribution in [0.1, 0.15) is 18.9 Å². The molecule has 0 aliphatic rings. The number of aromatic nitrogens is 5. The number of hydrogen-bond acceptors (Lipinski definition) is 6. The van der Waals surface area contributed by atoms with Gasteiger partial charge in [-0.15, -0.1) is 0 Å². The van der Waals surface area contributed by atoms with Crippen molar-refractivity contribution in [1.29, 1.82) is 0 Å². The number of anilines is 1. The fraction of sp³-hybridized carbons (Fsp3) is 0.333. The van der Waals surface area contributed by atoms with Crippen molar-refractivity contribution in [3.05, 3.63) is 39.5 Å². The van der Waals surface area contributed by atoms with E-state index >= 15 is 0 Å². The lowest BCUT2D eigenvalue weighted by Gasteiger charge is -2.11. The molecule has 0 aromatic carbocycles. The number of halogens is 1. The minimum absolute atomic E-state index is 0.114.